The number of aromatic nitrogens is 2. The van der Waals surface area contributed by atoms with Gasteiger partial charge in [0.2, 0.25) is 5.13 Å². The van der Waals surface area contributed by atoms with Crippen LogP contribution in [0.3, 0.4) is 0 Å². The largest absolute Gasteiger partial charge is 0.497 e. The maximum atomic E-state index is 12.5. The first-order valence-corrected chi connectivity index (χ1v) is 11.1. The van der Waals surface area contributed by atoms with Gasteiger partial charge in [0.05, 0.1) is 12.9 Å². The Balaban J connectivity index is 1.57. The minimum absolute atomic E-state index is 0.0291. The molecule has 0 saturated heterocycles. The summed E-state index contributed by atoms with van der Waals surface area (Å²) in [5.41, 5.74) is 2.33. The summed E-state index contributed by atoms with van der Waals surface area (Å²) in [6.07, 6.45) is 0. The number of hydrogen-bond donors (Lipinski definition) is 1. The number of nitrogens with one attached hydrogen (secondary N) is 1. The quantitative estimate of drug-likeness (QED) is 0.313. The molecular formula is C22H23N3O3S2. The minimum atomic E-state index is -0.240. The van der Waals surface area contributed by atoms with E-state index in [0.717, 1.165) is 5.56 Å². The molecule has 1 heterocycles. The van der Waals surface area contributed by atoms with Crippen molar-refractivity contribution in [1.82, 2.24) is 10.2 Å². The number of carbonyl (C=O) groups is 2. The highest BCUT2D eigenvalue weighted by Crippen LogP contribution is 2.27. The zero-order chi connectivity index (χ0) is 21.7. The zero-order valence-corrected chi connectivity index (χ0v) is 18.9. The van der Waals surface area contributed by atoms with Crippen LogP contribution in [0.5, 0.6) is 5.75 Å². The van der Waals surface area contributed by atoms with Gasteiger partial charge in [-0.15, -0.1) is 10.2 Å². The smallest absolute Gasteiger partial charge is 0.257 e. The second-order valence-electron chi connectivity index (χ2n) is 7.60. The summed E-state index contributed by atoms with van der Waals surface area (Å²) in [6.45, 7) is 6.38. The minimum Gasteiger partial charge on any atom is -0.497 e. The van der Waals surface area contributed by atoms with E-state index in [-0.39, 0.29) is 22.9 Å². The third-order valence-electron chi connectivity index (χ3n) is 4.36. The molecule has 156 valence electrons. The van der Waals surface area contributed by atoms with Crippen molar-refractivity contribution in [2.45, 2.75) is 30.5 Å². The molecule has 3 aromatic rings. The number of amides is 1. The zero-order valence-electron chi connectivity index (χ0n) is 17.3. The van der Waals surface area contributed by atoms with Crippen LogP contribution in [0.4, 0.5) is 5.13 Å². The van der Waals surface area contributed by atoms with Gasteiger partial charge in [-0.05, 0) is 35.2 Å². The van der Waals surface area contributed by atoms with Crippen molar-refractivity contribution < 1.29 is 14.3 Å². The number of rotatable bonds is 7. The molecule has 0 atom stereocenters. The van der Waals surface area contributed by atoms with Crippen molar-refractivity contribution in [3.05, 3.63) is 65.2 Å². The summed E-state index contributed by atoms with van der Waals surface area (Å²) in [5, 5.41) is 11.2. The van der Waals surface area contributed by atoms with Crippen molar-refractivity contribution in [3.63, 3.8) is 0 Å². The van der Waals surface area contributed by atoms with E-state index in [0.29, 0.717) is 26.3 Å². The normalized spacial score (nSPS) is 11.2. The lowest BCUT2D eigenvalue weighted by molar-refractivity contribution is 0.101. The van der Waals surface area contributed by atoms with Crippen molar-refractivity contribution in [2.24, 2.45) is 0 Å². The van der Waals surface area contributed by atoms with Gasteiger partial charge in [-0.1, -0.05) is 68.1 Å². The summed E-state index contributed by atoms with van der Waals surface area (Å²) in [7, 11) is 1.56. The number of methoxy groups -OCH3 is 1. The van der Waals surface area contributed by atoms with Crippen LogP contribution in [-0.4, -0.2) is 34.8 Å². The van der Waals surface area contributed by atoms with Crippen molar-refractivity contribution >= 4 is 39.9 Å². The van der Waals surface area contributed by atoms with Gasteiger partial charge in [-0.25, -0.2) is 0 Å². The summed E-state index contributed by atoms with van der Waals surface area (Å²) >= 11 is 2.53. The fourth-order valence-corrected chi connectivity index (χ4v) is 4.26. The summed E-state index contributed by atoms with van der Waals surface area (Å²) < 4.78 is 5.76. The highest BCUT2D eigenvalue weighted by atomic mass is 32.2. The Morgan fingerprint density at radius 3 is 2.47 bits per heavy atom. The van der Waals surface area contributed by atoms with Gasteiger partial charge in [0.15, 0.2) is 10.1 Å². The molecule has 30 heavy (non-hydrogen) atoms. The lowest BCUT2D eigenvalue weighted by atomic mass is 9.87. The van der Waals surface area contributed by atoms with Crippen molar-refractivity contribution in [1.29, 1.82) is 0 Å². The molecule has 0 fully saturated rings. The number of anilines is 1. The van der Waals surface area contributed by atoms with Crippen LogP contribution in [0.25, 0.3) is 0 Å². The third kappa shape index (κ3) is 5.67. The summed E-state index contributed by atoms with van der Waals surface area (Å²) in [4.78, 5) is 24.8. The third-order valence-corrected chi connectivity index (χ3v) is 6.33. The fourth-order valence-electron chi connectivity index (χ4n) is 2.62. The molecule has 0 unspecified atom stereocenters. The molecule has 0 bridgehead atoms. The van der Waals surface area contributed by atoms with Gasteiger partial charge in [-0.2, -0.15) is 0 Å². The average molecular weight is 442 g/mol. The molecule has 1 amide bonds. The maximum absolute atomic E-state index is 12.5. The Hall–Kier alpha value is -2.71. The number of benzene rings is 2. The van der Waals surface area contributed by atoms with E-state index < -0.39 is 0 Å². The molecule has 0 spiro atoms. The Kier molecular flexibility index (Phi) is 6.89. The molecule has 0 aliphatic carbocycles. The number of Topliss-reactive ketones (excluding diaryl/α,β-unsaturated/α-hetero) is 1. The van der Waals surface area contributed by atoms with Crippen LogP contribution in [0.1, 0.15) is 47.1 Å². The fraction of sp³-hybridized carbons (Fsp3) is 0.273. The number of thioether (sulfide) groups is 1. The van der Waals surface area contributed by atoms with Crippen LogP contribution in [0, 0.1) is 0 Å². The molecule has 0 radical (unpaired) electrons. The Morgan fingerprint density at radius 1 is 1.07 bits per heavy atom. The first-order valence-electron chi connectivity index (χ1n) is 9.32. The number of carbonyl (C=O) groups excluding carboxylic acids is 2. The van der Waals surface area contributed by atoms with Crippen LogP contribution in [0.15, 0.2) is 52.9 Å². The molecule has 0 saturated carbocycles. The van der Waals surface area contributed by atoms with Gasteiger partial charge < -0.3 is 4.74 Å². The molecule has 2 aromatic carbocycles. The lowest BCUT2D eigenvalue weighted by Gasteiger charge is -2.18. The Bertz CT molecular complexity index is 1040. The SMILES string of the molecule is COc1cccc(C(=O)CSc2nnc(NC(=O)c3ccc(C(C)(C)C)cc3)s2)c1. The predicted molar refractivity (Wildman–Crippen MR) is 121 cm³/mol. The maximum Gasteiger partial charge on any atom is 0.257 e. The van der Waals surface area contributed by atoms with Crippen molar-refractivity contribution in [2.75, 3.05) is 18.2 Å². The molecule has 3 rings (SSSR count). The lowest BCUT2D eigenvalue weighted by Crippen LogP contribution is -2.14. The van der Waals surface area contributed by atoms with Crippen LogP contribution >= 0.6 is 23.1 Å². The van der Waals surface area contributed by atoms with E-state index >= 15 is 0 Å². The van der Waals surface area contributed by atoms with E-state index in [1.807, 2.05) is 12.1 Å². The van der Waals surface area contributed by atoms with Crippen LogP contribution in [-0.2, 0) is 5.41 Å². The Labute approximate surface area is 184 Å². The number of ether oxygens (including phenoxy) is 1. The molecule has 1 N–H and O–H groups in total. The first kappa shape index (κ1) is 22.0. The van der Waals surface area contributed by atoms with Gasteiger partial charge in [-0.3, -0.25) is 14.9 Å². The molecule has 0 aliphatic rings. The second-order valence-corrected chi connectivity index (χ2v) is 9.80. The monoisotopic (exact) mass is 441 g/mol. The highest BCUT2D eigenvalue weighted by Gasteiger charge is 2.16. The van der Waals surface area contributed by atoms with Gasteiger partial charge in [0.1, 0.15) is 5.75 Å². The van der Waals surface area contributed by atoms with Gasteiger partial charge in [0, 0.05) is 11.1 Å². The van der Waals surface area contributed by atoms with E-state index in [1.54, 1.807) is 43.5 Å². The molecule has 8 heteroatoms. The molecule has 6 nitrogen and oxygen atoms in total. The van der Waals surface area contributed by atoms with Crippen molar-refractivity contribution in [3.8, 4) is 5.75 Å². The summed E-state index contributed by atoms with van der Waals surface area (Å²) in [5.74, 6) is 0.598. The number of nitrogens with zero attached hydrogens (tertiary/aromatic N) is 2. The Morgan fingerprint density at radius 2 is 1.80 bits per heavy atom. The summed E-state index contributed by atoms with van der Waals surface area (Å²) in [6, 6.07) is 14.6. The van der Waals surface area contributed by atoms with E-state index in [4.69, 9.17) is 4.74 Å². The van der Waals surface area contributed by atoms with E-state index in [2.05, 4.69) is 36.3 Å². The van der Waals surface area contributed by atoms with Crippen LogP contribution < -0.4 is 10.1 Å². The molecule has 0 aliphatic heterocycles. The van der Waals surface area contributed by atoms with Crippen LogP contribution in [0.2, 0.25) is 0 Å². The molecular weight excluding hydrogens is 418 g/mol. The average Bonchev–Trinajstić information content (AvgIpc) is 3.18. The first-order chi connectivity index (χ1) is 14.3. The van der Waals surface area contributed by atoms with E-state index in [1.165, 1.54) is 23.1 Å². The second kappa shape index (κ2) is 9.40. The standard InChI is InChI=1S/C22H23N3O3S2/c1-22(2,3)16-10-8-14(9-11-16)19(27)23-20-24-25-21(30-20)29-13-18(26)15-6-5-7-17(12-15)28-4/h5-12H,13H2,1-4H3,(H,23,24,27). The van der Waals surface area contributed by atoms with Gasteiger partial charge in [0.25, 0.3) is 5.91 Å². The number of ketones is 1. The van der Waals surface area contributed by atoms with E-state index in [9.17, 15) is 9.59 Å². The topological polar surface area (TPSA) is 81.2 Å². The molecule has 1 aromatic heterocycles. The predicted octanol–water partition coefficient (Wildman–Crippen LogP) is 5.07. The number of hydrogen-bond acceptors (Lipinski definition) is 7. The highest BCUT2D eigenvalue weighted by molar-refractivity contribution is 8.01. The van der Waals surface area contributed by atoms with Gasteiger partial charge >= 0.3 is 0 Å².